The van der Waals surface area contributed by atoms with E-state index in [9.17, 15) is 4.79 Å². The third kappa shape index (κ3) is 9.47. The Morgan fingerprint density at radius 1 is 1.33 bits per heavy atom. The topological polar surface area (TPSA) is 26.3 Å². The highest BCUT2D eigenvalue weighted by atomic mass is 16.6. The van der Waals surface area contributed by atoms with Gasteiger partial charge in [0.25, 0.3) is 0 Å². The van der Waals surface area contributed by atoms with Gasteiger partial charge in [-0.2, -0.15) is 0 Å². The molecule has 0 aliphatic rings. The van der Waals surface area contributed by atoms with Crippen molar-refractivity contribution in [2.75, 3.05) is 0 Å². The maximum atomic E-state index is 11.0. The van der Waals surface area contributed by atoms with Crippen LogP contribution in [0.2, 0.25) is 0 Å². The molecule has 0 heterocycles. The van der Waals surface area contributed by atoms with Crippen LogP contribution < -0.4 is 0 Å². The van der Waals surface area contributed by atoms with Crippen LogP contribution in [0.3, 0.4) is 0 Å². The highest BCUT2D eigenvalue weighted by molar-refractivity contribution is 5.70. The summed E-state index contributed by atoms with van der Waals surface area (Å²) in [5.74, 6) is 0.275. The first-order valence-corrected chi connectivity index (χ1v) is 4.03. The minimum absolute atomic E-state index is 0. The lowest BCUT2D eigenvalue weighted by molar-refractivity contribution is -0.155. The summed E-state index contributed by atoms with van der Waals surface area (Å²) in [4.78, 5) is 11.0. The third-order valence-corrected chi connectivity index (χ3v) is 0.995. The number of ether oxygens (including phenoxy) is 1. The molecule has 0 aliphatic heterocycles. The van der Waals surface area contributed by atoms with Crippen molar-refractivity contribution in [1.29, 1.82) is 0 Å². The largest absolute Gasteiger partial charge is 0.460 e. The van der Waals surface area contributed by atoms with Crippen LogP contribution in [0.25, 0.3) is 0 Å². The molecule has 0 N–H and O–H groups in total. The lowest BCUT2D eigenvalue weighted by atomic mass is 10.1. The summed E-state index contributed by atoms with van der Waals surface area (Å²) in [5.41, 5.74) is -0.341. The zero-order valence-electron chi connectivity index (χ0n) is 8.10. The molecule has 0 unspecified atom stereocenters. The predicted molar refractivity (Wildman–Crippen MR) is 52.0 cm³/mol. The van der Waals surface area contributed by atoms with Gasteiger partial charge in [0.05, 0.1) is 0 Å². The van der Waals surface area contributed by atoms with E-state index in [1.165, 1.54) is 0 Å². The number of carbonyl (C=O) groups excluding carboxylic acids is 1. The molecule has 74 valence electrons. The van der Waals surface area contributed by atoms with Crippen LogP contribution in [-0.2, 0) is 9.53 Å². The summed E-state index contributed by atoms with van der Waals surface area (Å²) in [6.07, 6.45) is 0.511. The van der Waals surface area contributed by atoms with Crippen molar-refractivity contribution in [3.05, 3.63) is 0 Å². The predicted octanol–water partition coefficient (Wildman–Crippen LogP) is 3.01. The molecule has 0 aromatic heterocycles. The molecular formula is C10H22O2. The smallest absolute Gasteiger partial charge is 0.306 e. The maximum absolute atomic E-state index is 11.0. The molecule has 0 aliphatic carbocycles. The minimum atomic E-state index is -0.341. The van der Waals surface area contributed by atoms with Gasteiger partial charge in [0, 0.05) is 6.42 Å². The normalized spacial score (nSPS) is 10.8. The molecule has 0 radical (unpaired) electrons. The molecule has 2 heteroatoms. The molecule has 2 nitrogen and oxygen atoms in total. The lowest BCUT2D eigenvalue weighted by Crippen LogP contribution is -2.24. The van der Waals surface area contributed by atoms with Crippen LogP contribution in [0.15, 0.2) is 0 Å². The van der Waals surface area contributed by atoms with Crippen LogP contribution in [-0.4, -0.2) is 11.6 Å². The fraction of sp³-hybridized carbons (Fsp3) is 0.900. The molecule has 0 aromatic carbocycles. The molecule has 0 rings (SSSR count). The second-order valence-corrected chi connectivity index (χ2v) is 4.18. The van der Waals surface area contributed by atoms with Gasteiger partial charge in [0.2, 0.25) is 0 Å². The van der Waals surface area contributed by atoms with E-state index >= 15 is 0 Å². The average Bonchev–Trinajstić information content (AvgIpc) is 1.53. The van der Waals surface area contributed by atoms with E-state index < -0.39 is 0 Å². The third-order valence-electron chi connectivity index (χ3n) is 0.995. The summed E-state index contributed by atoms with van der Waals surface area (Å²) in [6, 6.07) is 0. The molecule has 0 atom stereocenters. The molecule has 0 saturated carbocycles. The SMILES string of the molecule is C.CC(C)CC(=O)OC(C)(C)C. The number of hydrogen-bond donors (Lipinski definition) is 0. The first kappa shape index (κ1) is 14.0. The van der Waals surface area contributed by atoms with E-state index in [2.05, 4.69) is 0 Å². The molecule has 12 heavy (non-hydrogen) atoms. The molecule has 0 saturated heterocycles. The lowest BCUT2D eigenvalue weighted by Gasteiger charge is -2.19. The first-order chi connectivity index (χ1) is 4.81. The van der Waals surface area contributed by atoms with Crippen molar-refractivity contribution in [2.45, 2.75) is 54.1 Å². The van der Waals surface area contributed by atoms with Crippen molar-refractivity contribution >= 4 is 5.97 Å². The molecule has 0 amide bonds. The van der Waals surface area contributed by atoms with Crippen LogP contribution in [0.1, 0.15) is 48.5 Å². The molecule has 0 spiro atoms. The van der Waals surface area contributed by atoms with Gasteiger partial charge in [-0.25, -0.2) is 0 Å². The Kier molecular flexibility index (Phi) is 6.05. The van der Waals surface area contributed by atoms with Crippen molar-refractivity contribution in [3.63, 3.8) is 0 Å². The second-order valence-electron chi connectivity index (χ2n) is 4.18. The summed E-state index contributed by atoms with van der Waals surface area (Å²) in [7, 11) is 0. The highest BCUT2D eigenvalue weighted by Crippen LogP contribution is 2.10. The monoisotopic (exact) mass is 174 g/mol. The molecule has 0 bridgehead atoms. The average molecular weight is 174 g/mol. The van der Waals surface area contributed by atoms with Gasteiger partial charge in [0.1, 0.15) is 5.60 Å². The summed E-state index contributed by atoms with van der Waals surface area (Å²) < 4.78 is 5.11. The quantitative estimate of drug-likeness (QED) is 0.601. The van der Waals surface area contributed by atoms with Gasteiger partial charge in [-0.15, -0.1) is 0 Å². The van der Waals surface area contributed by atoms with Gasteiger partial charge in [-0.3, -0.25) is 4.79 Å². The van der Waals surface area contributed by atoms with Crippen LogP contribution in [0.4, 0.5) is 0 Å². The molecule has 0 aromatic rings. The zero-order valence-corrected chi connectivity index (χ0v) is 8.10. The van der Waals surface area contributed by atoms with E-state index in [0.717, 1.165) is 0 Å². The first-order valence-electron chi connectivity index (χ1n) is 4.03. The fourth-order valence-corrected chi connectivity index (χ4v) is 0.717. The highest BCUT2D eigenvalue weighted by Gasteiger charge is 2.16. The number of hydrogen-bond acceptors (Lipinski definition) is 2. The Bertz CT molecular complexity index is 131. The van der Waals surface area contributed by atoms with Crippen molar-refractivity contribution in [3.8, 4) is 0 Å². The zero-order chi connectivity index (χ0) is 9.07. The number of esters is 1. The Morgan fingerprint density at radius 2 is 1.75 bits per heavy atom. The molecule has 0 fully saturated rings. The minimum Gasteiger partial charge on any atom is -0.460 e. The number of carbonyl (C=O) groups is 1. The summed E-state index contributed by atoms with van der Waals surface area (Å²) >= 11 is 0. The summed E-state index contributed by atoms with van der Waals surface area (Å²) in [6.45, 7) is 9.65. The van der Waals surface area contributed by atoms with Gasteiger partial charge in [0.15, 0.2) is 0 Å². The van der Waals surface area contributed by atoms with Crippen molar-refractivity contribution in [1.82, 2.24) is 0 Å². The maximum Gasteiger partial charge on any atom is 0.306 e. The van der Waals surface area contributed by atoms with Gasteiger partial charge in [-0.05, 0) is 26.7 Å². The van der Waals surface area contributed by atoms with Gasteiger partial charge < -0.3 is 4.74 Å². The Hall–Kier alpha value is -0.530. The number of rotatable bonds is 2. The Labute approximate surface area is 76.3 Å². The van der Waals surface area contributed by atoms with Crippen LogP contribution in [0, 0.1) is 5.92 Å². The van der Waals surface area contributed by atoms with E-state index in [0.29, 0.717) is 12.3 Å². The van der Waals surface area contributed by atoms with Crippen molar-refractivity contribution < 1.29 is 9.53 Å². The Balaban J connectivity index is 0. The molecular weight excluding hydrogens is 152 g/mol. The van der Waals surface area contributed by atoms with Crippen molar-refractivity contribution in [2.24, 2.45) is 5.92 Å². The van der Waals surface area contributed by atoms with Gasteiger partial charge >= 0.3 is 5.97 Å². The van der Waals surface area contributed by atoms with Crippen LogP contribution >= 0.6 is 0 Å². The Morgan fingerprint density at radius 3 is 2.00 bits per heavy atom. The van der Waals surface area contributed by atoms with Crippen LogP contribution in [0.5, 0.6) is 0 Å². The standard InChI is InChI=1S/C9H18O2.CH4/c1-7(2)6-8(10)11-9(3,4)5;/h7H,6H2,1-5H3;1H4. The van der Waals surface area contributed by atoms with E-state index in [-0.39, 0.29) is 19.0 Å². The summed E-state index contributed by atoms with van der Waals surface area (Å²) in [5, 5.41) is 0. The van der Waals surface area contributed by atoms with E-state index in [1.54, 1.807) is 0 Å². The van der Waals surface area contributed by atoms with Gasteiger partial charge in [-0.1, -0.05) is 21.3 Å². The van der Waals surface area contributed by atoms with E-state index in [4.69, 9.17) is 4.74 Å². The van der Waals surface area contributed by atoms with E-state index in [1.807, 2.05) is 34.6 Å². The second kappa shape index (κ2) is 5.18. The fourth-order valence-electron chi connectivity index (χ4n) is 0.717.